The molecule has 0 unspecified atom stereocenters. The fraction of sp³-hybridized carbons (Fsp3) is 0.364. The van der Waals surface area contributed by atoms with Gasteiger partial charge in [-0.1, -0.05) is 18.2 Å². The number of benzene rings is 1. The van der Waals surface area contributed by atoms with Crippen LogP contribution in [0.2, 0.25) is 0 Å². The van der Waals surface area contributed by atoms with Crippen molar-refractivity contribution in [2.45, 2.75) is 18.7 Å². The average molecular weight is 222 g/mol. The van der Waals surface area contributed by atoms with Crippen LogP contribution in [0.15, 0.2) is 30.3 Å². The van der Waals surface area contributed by atoms with Crippen LogP contribution in [0.5, 0.6) is 0 Å². The Morgan fingerprint density at radius 1 is 1.33 bits per heavy atom. The predicted octanol–water partition coefficient (Wildman–Crippen LogP) is 2.33. The summed E-state index contributed by atoms with van der Waals surface area (Å²) in [4.78, 5) is 11.5. The van der Waals surface area contributed by atoms with Crippen LogP contribution in [0, 0.1) is 0 Å². The maximum absolute atomic E-state index is 11.6. The third-order valence-electron chi connectivity index (χ3n) is 2.35. The van der Waals surface area contributed by atoms with E-state index in [9.17, 15) is 4.79 Å². The van der Waals surface area contributed by atoms with Crippen LogP contribution in [0.3, 0.4) is 0 Å². The number of rotatable bonds is 2. The Morgan fingerprint density at radius 2 is 2.00 bits per heavy atom. The van der Waals surface area contributed by atoms with Crippen molar-refractivity contribution >= 4 is 23.4 Å². The highest BCUT2D eigenvalue weighted by molar-refractivity contribution is 8.01. The molecule has 1 aliphatic heterocycles. The molecule has 0 aliphatic carbocycles. The highest BCUT2D eigenvalue weighted by Gasteiger charge is 2.38. The standard InChI is InChI=1S/C11H14N2OS/c1-11(2)13(10(14)8-15-11)12-9-6-4-3-5-7-9/h3-7,12H,8H2,1-2H3. The summed E-state index contributed by atoms with van der Waals surface area (Å²) in [6, 6.07) is 9.75. The van der Waals surface area contributed by atoms with Crippen molar-refractivity contribution in [1.82, 2.24) is 5.01 Å². The molecule has 80 valence electrons. The van der Waals surface area contributed by atoms with Crippen molar-refractivity contribution in [2.24, 2.45) is 0 Å². The minimum atomic E-state index is -0.174. The number of hydrazine groups is 1. The number of nitrogens with zero attached hydrogens (tertiary/aromatic N) is 1. The molecule has 1 N–H and O–H groups in total. The van der Waals surface area contributed by atoms with E-state index < -0.39 is 0 Å². The second-order valence-electron chi connectivity index (χ2n) is 3.94. The summed E-state index contributed by atoms with van der Waals surface area (Å²) in [5, 5.41) is 1.70. The van der Waals surface area contributed by atoms with E-state index in [0.29, 0.717) is 5.75 Å². The molecule has 1 aromatic carbocycles. The number of para-hydroxylation sites is 1. The molecule has 2 rings (SSSR count). The summed E-state index contributed by atoms with van der Waals surface area (Å²) in [5.74, 6) is 0.682. The molecule has 0 atom stereocenters. The van der Waals surface area contributed by atoms with Crippen LogP contribution in [0.25, 0.3) is 0 Å². The van der Waals surface area contributed by atoms with Gasteiger partial charge in [0.15, 0.2) is 0 Å². The van der Waals surface area contributed by atoms with Gasteiger partial charge >= 0.3 is 0 Å². The summed E-state index contributed by atoms with van der Waals surface area (Å²) in [6.07, 6.45) is 0. The first kappa shape index (κ1) is 10.4. The van der Waals surface area contributed by atoms with Crippen LogP contribution < -0.4 is 5.43 Å². The summed E-state index contributed by atoms with van der Waals surface area (Å²) < 4.78 is 0. The van der Waals surface area contributed by atoms with Crippen LogP contribution in [-0.2, 0) is 4.79 Å². The van der Waals surface area contributed by atoms with Crippen molar-refractivity contribution < 1.29 is 4.79 Å². The lowest BCUT2D eigenvalue weighted by atomic mass is 10.3. The second-order valence-corrected chi connectivity index (χ2v) is 5.52. The fourth-order valence-corrected chi connectivity index (χ4v) is 2.39. The molecular weight excluding hydrogens is 208 g/mol. The molecular formula is C11H14N2OS. The predicted molar refractivity (Wildman–Crippen MR) is 63.4 cm³/mol. The normalized spacial score (nSPS) is 19.3. The number of carbonyl (C=O) groups excluding carboxylic acids is 1. The number of hydrogen-bond acceptors (Lipinski definition) is 3. The Kier molecular flexibility index (Phi) is 2.61. The molecule has 0 saturated carbocycles. The van der Waals surface area contributed by atoms with Crippen molar-refractivity contribution in [3.63, 3.8) is 0 Å². The van der Waals surface area contributed by atoms with E-state index in [-0.39, 0.29) is 10.8 Å². The van der Waals surface area contributed by atoms with Crippen LogP contribution >= 0.6 is 11.8 Å². The highest BCUT2D eigenvalue weighted by atomic mass is 32.2. The Morgan fingerprint density at radius 3 is 2.53 bits per heavy atom. The van der Waals surface area contributed by atoms with E-state index in [4.69, 9.17) is 0 Å². The first-order valence-corrected chi connectivity index (χ1v) is 5.87. The molecule has 1 saturated heterocycles. The third kappa shape index (κ3) is 2.09. The zero-order chi connectivity index (χ0) is 10.9. The van der Waals surface area contributed by atoms with Gasteiger partial charge in [-0.25, -0.2) is 5.01 Å². The number of hydrogen-bond donors (Lipinski definition) is 1. The third-order valence-corrected chi connectivity index (χ3v) is 3.63. The van der Waals surface area contributed by atoms with Gasteiger partial charge < -0.3 is 0 Å². The molecule has 4 heteroatoms. The number of carbonyl (C=O) groups is 1. The van der Waals surface area contributed by atoms with E-state index >= 15 is 0 Å². The van der Waals surface area contributed by atoms with Gasteiger partial charge in [0.1, 0.15) is 4.87 Å². The molecule has 1 heterocycles. The fourth-order valence-electron chi connectivity index (χ4n) is 1.51. The molecule has 1 fully saturated rings. The highest BCUT2D eigenvalue weighted by Crippen LogP contribution is 2.35. The zero-order valence-electron chi connectivity index (χ0n) is 8.86. The van der Waals surface area contributed by atoms with Gasteiger partial charge in [0.25, 0.3) is 5.91 Å². The largest absolute Gasteiger partial charge is 0.295 e. The smallest absolute Gasteiger partial charge is 0.252 e. The topological polar surface area (TPSA) is 32.3 Å². The number of nitrogens with one attached hydrogen (secondary N) is 1. The van der Waals surface area contributed by atoms with Gasteiger partial charge in [-0.05, 0) is 26.0 Å². The molecule has 1 aliphatic rings. The molecule has 3 nitrogen and oxygen atoms in total. The first-order chi connectivity index (χ1) is 7.09. The molecule has 15 heavy (non-hydrogen) atoms. The maximum atomic E-state index is 11.6. The lowest BCUT2D eigenvalue weighted by Crippen LogP contribution is -2.43. The summed E-state index contributed by atoms with van der Waals surface area (Å²) in [6.45, 7) is 4.08. The van der Waals surface area contributed by atoms with E-state index in [2.05, 4.69) is 5.43 Å². The van der Waals surface area contributed by atoms with Crippen LogP contribution in [0.4, 0.5) is 5.69 Å². The van der Waals surface area contributed by atoms with Crippen molar-refractivity contribution in [1.29, 1.82) is 0 Å². The quantitative estimate of drug-likeness (QED) is 0.833. The Labute approximate surface area is 93.8 Å². The van der Waals surface area contributed by atoms with E-state index in [0.717, 1.165) is 5.69 Å². The van der Waals surface area contributed by atoms with E-state index in [1.165, 1.54) is 0 Å². The summed E-state index contributed by atoms with van der Waals surface area (Å²) >= 11 is 1.65. The second kappa shape index (κ2) is 3.77. The number of anilines is 1. The Balaban J connectivity index is 2.15. The lowest BCUT2D eigenvalue weighted by Gasteiger charge is -2.31. The van der Waals surface area contributed by atoms with E-state index in [1.54, 1.807) is 16.8 Å². The van der Waals surface area contributed by atoms with Gasteiger partial charge in [0.05, 0.1) is 11.4 Å². The summed E-state index contributed by atoms with van der Waals surface area (Å²) in [7, 11) is 0. The average Bonchev–Trinajstić information content (AvgIpc) is 2.47. The summed E-state index contributed by atoms with van der Waals surface area (Å²) in [5.41, 5.74) is 4.09. The van der Waals surface area contributed by atoms with Crippen molar-refractivity contribution in [3.05, 3.63) is 30.3 Å². The number of thioether (sulfide) groups is 1. The van der Waals surface area contributed by atoms with E-state index in [1.807, 2.05) is 44.2 Å². The van der Waals surface area contributed by atoms with Gasteiger partial charge in [-0.15, -0.1) is 11.8 Å². The van der Waals surface area contributed by atoms with Gasteiger partial charge in [-0.3, -0.25) is 10.2 Å². The molecule has 1 aromatic rings. The molecule has 0 bridgehead atoms. The number of amides is 1. The minimum Gasteiger partial charge on any atom is -0.295 e. The zero-order valence-corrected chi connectivity index (χ0v) is 9.67. The van der Waals surface area contributed by atoms with Crippen molar-refractivity contribution in [3.8, 4) is 0 Å². The molecule has 0 spiro atoms. The van der Waals surface area contributed by atoms with Crippen LogP contribution in [0.1, 0.15) is 13.8 Å². The van der Waals surface area contributed by atoms with Gasteiger partial charge in [0, 0.05) is 0 Å². The van der Waals surface area contributed by atoms with Crippen molar-refractivity contribution in [2.75, 3.05) is 11.2 Å². The minimum absolute atomic E-state index is 0.133. The van der Waals surface area contributed by atoms with Gasteiger partial charge in [0.2, 0.25) is 0 Å². The molecule has 0 aromatic heterocycles. The molecule has 1 amide bonds. The SMILES string of the molecule is CC1(C)SCC(=O)N1Nc1ccccc1. The monoisotopic (exact) mass is 222 g/mol. The van der Waals surface area contributed by atoms with Crippen LogP contribution in [-0.4, -0.2) is 21.5 Å². The maximum Gasteiger partial charge on any atom is 0.252 e. The molecule has 0 radical (unpaired) electrons. The lowest BCUT2D eigenvalue weighted by molar-refractivity contribution is -0.128. The van der Waals surface area contributed by atoms with Gasteiger partial charge in [-0.2, -0.15) is 0 Å². The Bertz CT molecular complexity index is 364. The Hall–Kier alpha value is -1.16. The first-order valence-electron chi connectivity index (χ1n) is 4.88.